The van der Waals surface area contributed by atoms with Crippen LogP contribution in [0.25, 0.3) is 0 Å². The summed E-state index contributed by atoms with van der Waals surface area (Å²) in [4.78, 5) is 20.1. The van der Waals surface area contributed by atoms with E-state index in [4.69, 9.17) is 4.42 Å². The summed E-state index contributed by atoms with van der Waals surface area (Å²) < 4.78 is 5.28. The third-order valence-corrected chi connectivity index (χ3v) is 7.28. The molecule has 3 aromatic rings. The second-order valence-electron chi connectivity index (χ2n) is 7.04. The van der Waals surface area contributed by atoms with Gasteiger partial charge < -0.3 is 14.6 Å². The second-order valence-corrected chi connectivity index (χ2v) is 9.16. The number of nitrogens with one attached hydrogen (secondary N) is 1. The van der Waals surface area contributed by atoms with Crippen molar-refractivity contribution in [3.05, 3.63) is 63.1 Å². The number of anilines is 1. The largest absolute Gasteiger partial charge is 0.459 e. The van der Waals surface area contributed by atoms with Gasteiger partial charge >= 0.3 is 0 Å². The average molecular weight is 416 g/mol. The molecule has 0 saturated carbocycles. The van der Waals surface area contributed by atoms with E-state index < -0.39 is 0 Å². The minimum Gasteiger partial charge on any atom is -0.459 e. The Balaban J connectivity index is 1.69. The van der Waals surface area contributed by atoms with Crippen molar-refractivity contribution in [3.63, 3.8) is 0 Å². The van der Waals surface area contributed by atoms with Crippen molar-refractivity contribution in [1.82, 2.24) is 9.80 Å². The van der Waals surface area contributed by atoms with Crippen LogP contribution in [0.3, 0.4) is 0 Å². The van der Waals surface area contributed by atoms with Gasteiger partial charge in [-0.1, -0.05) is 13.0 Å². The Morgan fingerprint density at radius 3 is 2.71 bits per heavy atom. The van der Waals surface area contributed by atoms with E-state index in [1.165, 1.54) is 21.6 Å². The first-order valence-corrected chi connectivity index (χ1v) is 11.3. The van der Waals surface area contributed by atoms with E-state index in [9.17, 15) is 4.79 Å². The normalized spacial score (nSPS) is 16.9. The molecule has 4 rings (SSSR count). The molecule has 28 heavy (non-hydrogen) atoms. The van der Waals surface area contributed by atoms with Gasteiger partial charge in [0, 0.05) is 41.5 Å². The topological polar surface area (TPSA) is 48.7 Å². The summed E-state index contributed by atoms with van der Waals surface area (Å²) in [5, 5.41) is 6.17. The molecule has 1 fully saturated rings. The number of amides is 1. The van der Waals surface area contributed by atoms with Crippen molar-refractivity contribution in [2.75, 3.05) is 38.5 Å². The monoisotopic (exact) mass is 415 g/mol. The van der Waals surface area contributed by atoms with Crippen LogP contribution in [0.4, 0.5) is 5.00 Å². The highest BCUT2D eigenvalue weighted by atomic mass is 32.1. The Morgan fingerprint density at radius 1 is 1.25 bits per heavy atom. The maximum absolute atomic E-state index is 12.6. The summed E-state index contributed by atoms with van der Waals surface area (Å²) in [6, 6.07) is 10.2. The molecule has 1 aliphatic rings. The van der Waals surface area contributed by atoms with E-state index in [1.807, 2.05) is 0 Å². The van der Waals surface area contributed by atoms with E-state index in [0.717, 1.165) is 37.6 Å². The Hall–Kier alpha value is -1.93. The Labute approximate surface area is 173 Å². The molecule has 0 aromatic carbocycles. The molecule has 1 saturated heterocycles. The van der Waals surface area contributed by atoms with Crippen molar-refractivity contribution < 1.29 is 9.21 Å². The number of carbonyl (C=O) groups is 1. The van der Waals surface area contributed by atoms with E-state index in [1.54, 1.807) is 34.8 Å². The van der Waals surface area contributed by atoms with Crippen molar-refractivity contribution in [2.45, 2.75) is 19.4 Å². The third-order valence-electron chi connectivity index (χ3n) is 5.14. The summed E-state index contributed by atoms with van der Waals surface area (Å²) >= 11 is 3.45. The standard InChI is InChI=1S/C21H25N3O2S2/c1-3-15-14-16(21(28-15)22-20(25)17-6-4-12-26-17)19(18-7-5-13-27-18)24-10-8-23(2)9-11-24/h4-7,12-14,19H,3,8-11H2,1-2H3,(H,22,25). The molecule has 7 heteroatoms. The number of likely N-dealkylation sites (N-methyl/N-ethyl adjacent to an activating group) is 1. The smallest absolute Gasteiger partial charge is 0.291 e. The van der Waals surface area contributed by atoms with Crippen molar-refractivity contribution >= 4 is 33.6 Å². The molecule has 1 unspecified atom stereocenters. The summed E-state index contributed by atoms with van der Waals surface area (Å²) in [7, 11) is 2.17. The molecule has 3 aromatic heterocycles. The molecule has 4 heterocycles. The molecule has 1 amide bonds. The molecular weight excluding hydrogens is 390 g/mol. The average Bonchev–Trinajstić information content (AvgIpc) is 3.46. The Morgan fingerprint density at radius 2 is 2.07 bits per heavy atom. The van der Waals surface area contributed by atoms with E-state index in [0.29, 0.717) is 5.76 Å². The Kier molecular flexibility index (Phi) is 5.96. The molecule has 0 spiro atoms. The summed E-state index contributed by atoms with van der Waals surface area (Å²) in [6.45, 7) is 6.30. The van der Waals surface area contributed by atoms with Gasteiger partial charge in [-0.05, 0) is 43.1 Å². The summed E-state index contributed by atoms with van der Waals surface area (Å²) in [5.41, 5.74) is 1.19. The van der Waals surface area contributed by atoms with Crippen LogP contribution in [0, 0.1) is 0 Å². The summed E-state index contributed by atoms with van der Waals surface area (Å²) in [5.74, 6) is 0.142. The van der Waals surface area contributed by atoms with Crippen LogP contribution in [0.1, 0.15) is 38.8 Å². The van der Waals surface area contributed by atoms with Crippen molar-refractivity contribution in [3.8, 4) is 0 Å². The zero-order valence-electron chi connectivity index (χ0n) is 16.2. The minimum atomic E-state index is -0.195. The van der Waals surface area contributed by atoms with Gasteiger partial charge in [0.15, 0.2) is 5.76 Å². The van der Waals surface area contributed by atoms with Gasteiger partial charge in [-0.2, -0.15) is 0 Å². The zero-order chi connectivity index (χ0) is 19.5. The Bertz CT molecular complexity index is 894. The van der Waals surface area contributed by atoms with Crippen LogP contribution in [0.15, 0.2) is 46.4 Å². The van der Waals surface area contributed by atoms with Gasteiger partial charge in [0.25, 0.3) is 5.91 Å². The lowest BCUT2D eigenvalue weighted by atomic mass is 10.0. The van der Waals surface area contributed by atoms with Crippen molar-refractivity contribution in [2.24, 2.45) is 0 Å². The highest BCUT2D eigenvalue weighted by Crippen LogP contribution is 2.41. The molecule has 1 N–H and O–H groups in total. The fourth-order valence-electron chi connectivity index (χ4n) is 3.56. The second kappa shape index (κ2) is 8.61. The van der Waals surface area contributed by atoms with Crippen LogP contribution >= 0.6 is 22.7 Å². The fraction of sp³-hybridized carbons (Fsp3) is 0.381. The number of piperazine rings is 1. The third kappa shape index (κ3) is 4.07. The first-order valence-electron chi connectivity index (χ1n) is 9.59. The number of hydrogen-bond donors (Lipinski definition) is 1. The molecule has 1 aliphatic heterocycles. The van der Waals surface area contributed by atoms with Gasteiger partial charge in [0.05, 0.1) is 12.3 Å². The zero-order valence-corrected chi connectivity index (χ0v) is 17.8. The van der Waals surface area contributed by atoms with Crippen LogP contribution in [-0.4, -0.2) is 48.9 Å². The molecule has 0 radical (unpaired) electrons. The lowest BCUT2D eigenvalue weighted by molar-refractivity contribution is 0.0996. The number of thiophene rings is 2. The van der Waals surface area contributed by atoms with Gasteiger partial charge in [-0.25, -0.2) is 0 Å². The molecule has 5 nitrogen and oxygen atoms in total. The first-order chi connectivity index (χ1) is 13.7. The quantitative estimate of drug-likeness (QED) is 0.641. The molecule has 1 atom stereocenters. The highest BCUT2D eigenvalue weighted by molar-refractivity contribution is 7.16. The number of carbonyl (C=O) groups excluding carboxylic acids is 1. The number of hydrogen-bond acceptors (Lipinski definition) is 6. The predicted octanol–water partition coefficient (Wildman–Crippen LogP) is 4.55. The van der Waals surface area contributed by atoms with Gasteiger partial charge in [0.2, 0.25) is 0 Å². The SMILES string of the molecule is CCc1cc(C(c2cccs2)N2CCN(C)CC2)c(NC(=O)c2ccco2)s1. The fourth-order valence-corrected chi connectivity index (χ4v) is 5.46. The lowest BCUT2D eigenvalue weighted by Crippen LogP contribution is -2.46. The minimum absolute atomic E-state index is 0.164. The van der Waals surface area contributed by atoms with Gasteiger partial charge in [-0.3, -0.25) is 9.69 Å². The maximum Gasteiger partial charge on any atom is 0.291 e. The molecule has 0 bridgehead atoms. The van der Waals surface area contributed by atoms with Crippen LogP contribution in [-0.2, 0) is 6.42 Å². The molecular formula is C21H25N3O2S2. The number of aryl methyl sites for hydroxylation is 1. The lowest BCUT2D eigenvalue weighted by Gasteiger charge is -2.37. The van der Waals surface area contributed by atoms with Crippen molar-refractivity contribution in [1.29, 1.82) is 0 Å². The highest BCUT2D eigenvalue weighted by Gasteiger charge is 2.30. The van der Waals surface area contributed by atoms with E-state index >= 15 is 0 Å². The van der Waals surface area contributed by atoms with Gasteiger partial charge in [0.1, 0.15) is 5.00 Å². The van der Waals surface area contributed by atoms with E-state index in [2.05, 4.69) is 52.7 Å². The number of furan rings is 1. The predicted molar refractivity (Wildman–Crippen MR) is 116 cm³/mol. The number of rotatable bonds is 6. The first kappa shape index (κ1) is 19.4. The summed E-state index contributed by atoms with van der Waals surface area (Å²) in [6.07, 6.45) is 2.48. The van der Waals surface area contributed by atoms with E-state index in [-0.39, 0.29) is 11.9 Å². The molecule has 148 valence electrons. The molecule has 0 aliphatic carbocycles. The maximum atomic E-state index is 12.6. The van der Waals surface area contributed by atoms with Crippen LogP contribution in [0.2, 0.25) is 0 Å². The van der Waals surface area contributed by atoms with Crippen LogP contribution in [0.5, 0.6) is 0 Å². The van der Waals surface area contributed by atoms with Gasteiger partial charge in [-0.15, -0.1) is 22.7 Å². The number of nitrogens with zero attached hydrogens (tertiary/aromatic N) is 2. The van der Waals surface area contributed by atoms with Crippen LogP contribution < -0.4 is 5.32 Å².